The Kier molecular flexibility index (Phi) is 4.57. The largest absolute Gasteiger partial charge is 0.497 e. The molecule has 2 nitrogen and oxygen atoms in total. The third-order valence-corrected chi connectivity index (χ3v) is 3.66. The zero-order valence-electron chi connectivity index (χ0n) is 12.3. The van der Waals surface area contributed by atoms with Crippen LogP contribution >= 0.6 is 0 Å². The summed E-state index contributed by atoms with van der Waals surface area (Å²) >= 11 is 0. The number of methoxy groups -OCH3 is 1. The predicted octanol–water partition coefficient (Wildman–Crippen LogP) is 4.30. The van der Waals surface area contributed by atoms with Crippen molar-refractivity contribution in [1.29, 1.82) is 0 Å². The van der Waals surface area contributed by atoms with Crippen LogP contribution in [0.5, 0.6) is 5.75 Å². The molecule has 104 valence electrons. The Balaban J connectivity index is 2.53. The van der Waals surface area contributed by atoms with E-state index in [1.807, 2.05) is 12.1 Å². The van der Waals surface area contributed by atoms with E-state index in [0.29, 0.717) is 11.3 Å². The quantitative estimate of drug-likeness (QED) is 0.756. The van der Waals surface area contributed by atoms with Crippen molar-refractivity contribution in [2.75, 3.05) is 7.11 Å². The van der Waals surface area contributed by atoms with Crippen LogP contribution in [0.4, 0.5) is 0 Å². The number of carbonyl (C=O) groups is 1. The first kappa shape index (κ1) is 14.3. The summed E-state index contributed by atoms with van der Waals surface area (Å²) in [4.78, 5) is 11.3. The molecule has 0 bridgehead atoms. The molecule has 2 rings (SSSR count). The van der Waals surface area contributed by atoms with Gasteiger partial charge in [0, 0.05) is 5.56 Å². The van der Waals surface area contributed by atoms with E-state index in [2.05, 4.69) is 32.0 Å². The molecule has 0 unspecified atom stereocenters. The van der Waals surface area contributed by atoms with Gasteiger partial charge in [0.15, 0.2) is 6.29 Å². The van der Waals surface area contributed by atoms with Crippen molar-refractivity contribution in [2.24, 2.45) is 0 Å². The summed E-state index contributed by atoms with van der Waals surface area (Å²) in [5, 5.41) is 0. The van der Waals surface area contributed by atoms with Crippen molar-refractivity contribution in [3.63, 3.8) is 0 Å². The summed E-state index contributed by atoms with van der Waals surface area (Å²) < 4.78 is 5.17. The topological polar surface area (TPSA) is 26.3 Å². The number of carbonyl (C=O) groups excluding carboxylic acids is 1. The average Bonchev–Trinajstić information content (AvgIpc) is 2.53. The Morgan fingerprint density at radius 3 is 2.35 bits per heavy atom. The molecule has 0 saturated heterocycles. The zero-order valence-corrected chi connectivity index (χ0v) is 12.3. The van der Waals surface area contributed by atoms with E-state index < -0.39 is 0 Å². The summed E-state index contributed by atoms with van der Waals surface area (Å²) in [6, 6.07) is 12.1. The Bertz CT molecular complexity index is 615. The molecule has 2 aromatic carbocycles. The van der Waals surface area contributed by atoms with Crippen LogP contribution in [0.1, 0.15) is 35.3 Å². The van der Waals surface area contributed by atoms with Gasteiger partial charge in [-0.25, -0.2) is 0 Å². The fourth-order valence-electron chi connectivity index (χ4n) is 2.50. The van der Waals surface area contributed by atoms with Crippen LogP contribution in [0.15, 0.2) is 36.4 Å². The molecule has 0 aliphatic carbocycles. The van der Waals surface area contributed by atoms with Gasteiger partial charge in [-0.1, -0.05) is 32.0 Å². The average molecular weight is 268 g/mol. The van der Waals surface area contributed by atoms with Gasteiger partial charge in [-0.3, -0.25) is 4.79 Å². The lowest BCUT2D eigenvalue weighted by molar-refractivity contribution is 0.112. The first-order chi connectivity index (χ1) is 9.73. The second-order valence-electron chi connectivity index (χ2n) is 4.76. The number of ether oxygens (including phenoxy) is 1. The molecular weight excluding hydrogens is 248 g/mol. The summed E-state index contributed by atoms with van der Waals surface area (Å²) in [6.07, 6.45) is 2.92. The molecule has 0 fully saturated rings. The van der Waals surface area contributed by atoms with Gasteiger partial charge < -0.3 is 4.74 Å². The van der Waals surface area contributed by atoms with Crippen LogP contribution in [0.2, 0.25) is 0 Å². The smallest absolute Gasteiger partial charge is 0.150 e. The van der Waals surface area contributed by atoms with Crippen molar-refractivity contribution in [2.45, 2.75) is 26.7 Å². The van der Waals surface area contributed by atoms with Crippen molar-refractivity contribution in [3.05, 3.63) is 53.1 Å². The number of rotatable bonds is 5. The van der Waals surface area contributed by atoms with Crippen LogP contribution in [0, 0.1) is 0 Å². The molecule has 0 aliphatic heterocycles. The maximum absolute atomic E-state index is 11.3. The fourth-order valence-corrected chi connectivity index (χ4v) is 2.50. The van der Waals surface area contributed by atoms with Gasteiger partial charge in [0.05, 0.1) is 7.11 Å². The van der Waals surface area contributed by atoms with Crippen molar-refractivity contribution in [3.8, 4) is 16.9 Å². The molecule has 0 aliphatic rings. The van der Waals surface area contributed by atoms with Crippen molar-refractivity contribution >= 4 is 6.29 Å². The SMILES string of the molecule is CCc1ccc(-c2ccc(OC)cc2C=O)cc1CC. The highest BCUT2D eigenvalue weighted by molar-refractivity contribution is 5.88. The van der Waals surface area contributed by atoms with E-state index in [0.717, 1.165) is 30.3 Å². The van der Waals surface area contributed by atoms with Crippen LogP contribution in [0.25, 0.3) is 11.1 Å². The van der Waals surface area contributed by atoms with Gasteiger partial charge in [-0.05, 0) is 53.3 Å². The van der Waals surface area contributed by atoms with Crippen LogP contribution in [-0.4, -0.2) is 13.4 Å². The van der Waals surface area contributed by atoms with Crippen molar-refractivity contribution < 1.29 is 9.53 Å². The maximum atomic E-state index is 11.3. The fraction of sp³-hybridized carbons (Fsp3) is 0.278. The van der Waals surface area contributed by atoms with Gasteiger partial charge in [0.2, 0.25) is 0 Å². The molecule has 0 N–H and O–H groups in total. The minimum atomic E-state index is 0.663. The Hall–Kier alpha value is -2.09. The van der Waals surface area contributed by atoms with E-state index in [9.17, 15) is 4.79 Å². The van der Waals surface area contributed by atoms with Gasteiger partial charge in [0.25, 0.3) is 0 Å². The lowest BCUT2D eigenvalue weighted by Gasteiger charge is -2.11. The summed E-state index contributed by atoms with van der Waals surface area (Å²) in [5.41, 5.74) is 5.42. The number of aldehydes is 1. The first-order valence-corrected chi connectivity index (χ1v) is 6.98. The van der Waals surface area contributed by atoms with Gasteiger partial charge in [-0.2, -0.15) is 0 Å². The zero-order chi connectivity index (χ0) is 14.5. The van der Waals surface area contributed by atoms with Crippen LogP contribution in [0.3, 0.4) is 0 Å². The van der Waals surface area contributed by atoms with Gasteiger partial charge in [-0.15, -0.1) is 0 Å². The third kappa shape index (κ3) is 2.74. The highest BCUT2D eigenvalue weighted by atomic mass is 16.5. The summed E-state index contributed by atoms with van der Waals surface area (Å²) in [6.45, 7) is 4.32. The van der Waals surface area contributed by atoms with Crippen LogP contribution in [-0.2, 0) is 12.8 Å². The standard InChI is InChI=1S/C18H20O2/c1-4-13-6-7-15(10-14(13)5-2)18-9-8-17(20-3)11-16(18)12-19/h6-12H,4-5H2,1-3H3. The highest BCUT2D eigenvalue weighted by Gasteiger charge is 2.08. The van der Waals surface area contributed by atoms with E-state index in [1.54, 1.807) is 13.2 Å². The predicted molar refractivity (Wildman–Crippen MR) is 82.6 cm³/mol. The second kappa shape index (κ2) is 6.38. The molecule has 0 saturated carbocycles. The second-order valence-corrected chi connectivity index (χ2v) is 4.76. The molecule has 0 aromatic heterocycles. The molecule has 20 heavy (non-hydrogen) atoms. The molecule has 0 heterocycles. The van der Waals surface area contributed by atoms with E-state index >= 15 is 0 Å². The number of aryl methyl sites for hydroxylation is 2. The Labute approximate surface area is 120 Å². The highest BCUT2D eigenvalue weighted by Crippen LogP contribution is 2.28. The molecule has 2 heteroatoms. The molecule has 0 spiro atoms. The summed E-state index contributed by atoms with van der Waals surface area (Å²) in [7, 11) is 1.61. The molecule has 0 radical (unpaired) electrons. The Morgan fingerprint density at radius 1 is 1.00 bits per heavy atom. The van der Waals surface area contributed by atoms with Gasteiger partial charge >= 0.3 is 0 Å². The van der Waals surface area contributed by atoms with Crippen LogP contribution < -0.4 is 4.74 Å². The monoisotopic (exact) mass is 268 g/mol. The molecule has 2 aromatic rings. The normalized spacial score (nSPS) is 10.3. The maximum Gasteiger partial charge on any atom is 0.150 e. The molecule has 0 amide bonds. The van der Waals surface area contributed by atoms with Gasteiger partial charge in [0.1, 0.15) is 5.75 Å². The number of hydrogen-bond donors (Lipinski definition) is 0. The third-order valence-electron chi connectivity index (χ3n) is 3.66. The minimum absolute atomic E-state index is 0.663. The number of hydrogen-bond acceptors (Lipinski definition) is 2. The van der Waals surface area contributed by atoms with E-state index in [1.165, 1.54) is 11.1 Å². The first-order valence-electron chi connectivity index (χ1n) is 6.98. The minimum Gasteiger partial charge on any atom is -0.497 e. The summed E-state index contributed by atoms with van der Waals surface area (Å²) in [5.74, 6) is 0.705. The van der Waals surface area contributed by atoms with E-state index in [4.69, 9.17) is 4.74 Å². The van der Waals surface area contributed by atoms with E-state index in [-0.39, 0.29) is 0 Å². The lowest BCUT2D eigenvalue weighted by Crippen LogP contribution is -1.94. The molecule has 0 atom stereocenters. The number of benzene rings is 2. The Morgan fingerprint density at radius 2 is 1.75 bits per heavy atom. The lowest BCUT2D eigenvalue weighted by atomic mass is 9.94. The van der Waals surface area contributed by atoms with Crippen molar-refractivity contribution in [1.82, 2.24) is 0 Å². The molecular formula is C18H20O2.